The van der Waals surface area contributed by atoms with E-state index in [0.717, 1.165) is 6.54 Å². The summed E-state index contributed by atoms with van der Waals surface area (Å²) < 4.78 is 0. The summed E-state index contributed by atoms with van der Waals surface area (Å²) in [7, 11) is 0. The normalized spacial score (nSPS) is 24.1. The zero-order chi connectivity index (χ0) is 13.2. The Kier molecular flexibility index (Phi) is 4.46. The van der Waals surface area contributed by atoms with Crippen molar-refractivity contribution in [1.29, 1.82) is 0 Å². The van der Waals surface area contributed by atoms with Crippen LogP contribution in [0, 0.1) is 5.41 Å². The molecule has 1 aliphatic rings. The summed E-state index contributed by atoms with van der Waals surface area (Å²) in [6, 6.07) is 5.66. The van der Waals surface area contributed by atoms with Crippen LogP contribution < -0.4 is 5.32 Å². The SMILES string of the molecule is CCC(c1cccs1)N1CCNC(C(C)(C)C)C1. The third-order valence-corrected chi connectivity index (χ3v) is 4.92. The highest BCUT2D eigenvalue weighted by Crippen LogP contribution is 2.31. The molecule has 1 aliphatic heterocycles. The van der Waals surface area contributed by atoms with Crippen molar-refractivity contribution in [2.24, 2.45) is 5.41 Å². The molecule has 2 atom stereocenters. The molecule has 2 rings (SSSR count). The Morgan fingerprint density at radius 1 is 1.50 bits per heavy atom. The molecule has 0 bridgehead atoms. The first-order chi connectivity index (χ1) is 8.52. The fraction of sp³-hybridized carbons (Fsp3) is 0.733. The fourth-order valence-corrected chi connectivity index (χ4v) is 3.70. The Labute approximate surface area is 115 Å². The highest BCUT2D eigenvalue weighted by atomic mass is 32.1. The molecule has 0 aromatic carbocycles. The predicted octanol–water partition coefficient (Wildman–Crippen LogP) is 3.52. The topological polar surface area (TPSA) is 15.3 Å². The summed E-state index contributed by atoms with van der Waals surface area (Å²) in [6.45, 7) is 12.8. The van der Waals surface area contributed by atoms with E-state index in [9.17, 15) is 0 Å². The molecular weight excluding hydrogens is 240 g/mol. The average molecular weight is 266 g/mol. The van der Waals surface area contributed by atoms with Crippen LogP contribution >= 0.6 is 11.3 Å². The summed E-state index contributed by atoms with van der Waals surface area (Å²) in [5, 5.41) is 5.87. The van der Waals surface area contributed by atoms with Gasteiger partial charge in [0.25, 0.3) is 0 Å². The van der Waals surface area contributed by atoms with Gasteiger partial charge in [0.15, 0.2) is 0 Å². The monoisotopic (exact) mass is 266 g/mol. The zero-order valence-corrected chi connectivity index (χ0v) is 12.9. The quantitative estimate of drug-likeness (QED) is 0.900. The van der Waals surface area contributed by atoms with Gasteiger partial charge < -0.3 is 5.32 Å². The predicted molar refractivity (Wildman–Crippen MR) is 80.2 cm³/mol. The molecule has 0 aliphatic carbocycles. The Balaban J connectivity index is 2.08. The lowest BCUT2D eigenvalue weighted by Gasteiger charge is -2.43. The van der Waals surface area contributed by atoms with Gasteiger partial charge in [-0.1, -0.05) is 33.8 Å². The van der Waals surface area contributed by atoms with Crippen LogP contribution in [-0.4, -0.2) is 30.6 Å². The van der Waals surface area contributed by atoms with E-state index in [1.54, 1.807) is 0 Å². The lowest BCUT2D eigenvalue weighted by Crippen LogP contribution is -2.56. The summed E-state index contributed by atoms with van der Waals surface area (Å²) >= 11 is 1.90. The minimum absolute atomic E-state index is 0.340. The second kappa shape index (κ2) is 5.72. The van der Waals surface area contributed by atoms with Gasteiger partial charge in [-0.05, 0) is 23.3 Å². The summed E-state index contributed by atoms with van der Waals surface area (Å²) in [6.07, 6.45) is 1.21. The van der Waals surface area contributed by atoms with Crippen LogP contribution in [0.1, 0.15) is 45.0 Å². The van der Waals surface area contributed by atoms with E-state index in [1.165, 1.54) is 24.4 Å². The van der Waals surface area contributed by atoms with E-state index >= 15 is 0 Å². The molecule has 1 aromatic rings. The molecule has 0 saturated carbocycles. The molecule has 0 amide bonds. The van der Waals surface area contributed by atoms with Crippen molar-refractivity contribution >= 4 is 11.3 Å². The van der Waals surface area contributed by atoms with Crippen LogP contribution in [0.5, 0.6) is 0 Å². The minimum atomic E-state index is 0.340. The van der Waals surface area contributed by atoms with Crippen LogP contribution in [-0.2, 0) is 0 Å². The number of piperazine rings is 1. The molecule has 102 valence electrons. The standard InChI is InChI=1S/C15H26N2S/c1-5-12(13-7-6-10-18-13)17-9-8-16-14(11-17)15(2,3)4/h6-7,10,12,14,16H,5,8-9,11H2,1-4H3. The third-order valence-electron chi connectivity index (χ3n) is 3.95. The molecule has 18 heavy (non-hydrogen) atoms. The van der Waals surface area contributed by atoms with Gasteiger partial charge in [0.1, 0.15) is 0 Å². The highest BCUT2D eigenvalue weighted by molar-refractivity contribution is 7.10. The van der Waals surface area contributed by atoms with E-state index in [1.807, 2.05) is 11.3 Å². The number of nitrogens with zero attached hydrogens (tertiary/aromatic N) is 1. The van der Waals surface area contributed by atoms with Gasteiger partial charge in [-0.2, -0.15) is 0 Å². The largest absolute Gasteiger partial charge is 0.311 e. The Morgan fingerprint density at radius 3 is 2.83 bits per heavy atom. The number of rotatable bonds is 3. The van der Waals surface area contributed by atoms with E-state index in [0.29, 0.717) is 17.5 Å². The minimum Gasteiger partial charge on any atom is -0.311 e. The molecule has 2 heterocycles. The Morgan fingerprint density at radius 2 is 2.28 bits per heavy atom. The Hall–Kier alpha value is -0.380. The van der Waals surface area contributed by atoms with Gasteiger partial charge in [0.05, 0.1) is 0 Å². The van der Waals surface area contributed by atoms with Gasteiger partial charge in [-0.15, -0.1) is 11.3 Å². The van der Waals surface area contributed by atoms with Gasteiger partial charge in [-0.3, -0.25) is 4.90 Å². The van der Waals surface area contributed by atoms with Crippen LogP contribution in [0.2, 0.25) is 0 Å². The summed E-state index contributed by atoms with van der Waals surface area (Å²) in [5.41, 5.74) is 0.340. The van der Waals surface area contributed by atoms with Gasteiger partial charge in [-0.25, -0.2) is 0 Å². The Bertz CT molecular complexity index is 353. The smallest absolute Gasteiger partial charge is 0.0440 e. The maximum Gasteiger partial charge on any atom is 0.0440 e. The summed E-state index contributed by atoms with van der Waals surface area (Å²) in [5.74, 6) is 0. The first kappa shape index (κ1) is 14.0. The van der Waals surface area contributed by atoms with Crippen molar-refractivity contribution in [3.8, 4) is 0 Å². The van der Waals surface area contributed by atoms with E-state index in [4.69, 9.17) is 0 Å². The van der Waals surface area contributed by atoms with Crippen molar-refractivity contribution in [2.75, 3.05) is 19.6 Å². The number of nitrogens with one attached hydrogen (secondary N) is 1. The van der Waals surface area contributed by atoms with E-state index < -0.39 is 0 Å². The van der Waals surface area contributed by atoms with Crippen LogP contribution in [0.4, 0.5) is 0 Å². The van der Waals surface area contributed by atoms with Crippen molar-refractivity contribution in [1.82, 2.24) is 10.2 Å². The fourth-order valence-electron chi connectivity index (χ4n) is 2.76. The highest BCUT2D eigenvalue weighted by Gasteiger charge is 2.32. The van der Waals surface area contributed by atoms with Crippen molar-refractivity contribution in [3.05, 3.63) is 22.4 Å². The molecule has 1 fully saturated rings. The second-order valence-corrected chi connectivity index (χ2v) is 7.29. The number of hydrogen-bond donors (Lipinski definition) is 1. The molecule has 3 heteroatoms. The lowest BCUT2D eigenvalue weighted by molar-refractivity contribution is 0.0968. The molecule has 1 saturated heterocycles. The zero-order valence-electron chi connectivity index (χ0n) is 12.1. The molecular formula is C15H26N2S. The summed E-state index contributed by atoms with van der Waals surface area (Å²) in [4.78, 5) is 4.19. The number of hydrogen-bond acceptors (Lipinski definition) is 3. The van der Waals surface area contributed by atoms with Crippen LogP contribution in [0.15, 0.2) is 17.5 Å². The molecule has 2 unspecified atom stereocenters. The van der Waals surface area contributed by atoms with Crippen molar-refractivity contribution < 1.29 is 0 Å². The average Bonchev–Trinajstić information content (AvgIpc) is 2.83. The first-order valence-electron chi connectivity index (χ1n) is 7.03. The van der Waals surface area contributed by atoms with Crippen LogP contribution in [0.25, 0.3) is 0 Å². The van der Waals surface area contributed by atoms with E-state index in [2.05, 4.69) is 55.4 Å². The molecule has 0 spiro atoms. The van der Waals surface area contributed by atoms with Crippen LogP contribution in [0.3, 0.4) is 0 Å². The maximum atomic E-state index is 3.68. The van der Waals surface area contributed by atoms with Gasteiger partial charge in [0.2, 0.25) is 0 Å². The second-order valence-electron chi connectivity index (χ2n) is 6.31. The van der Waals surface area contributed by atoms with Gasteiger partial charge >= 0.3 is 0 Å². The molecule has 2 nitrogen and oxygen atoms in total. The third kappa shape index (κ3) is 3.14. The lowest BCUT2D eigenvalue weighted by atomic mass is 9.85. The molecule has 1 aromatic heterocycles. The first-order valence-corrected chi connectivity index (χ1v) is 7.91. The van der Waals surface area contributed by atoms with E-state index in [-0.39, 0.29) is 0 Å². The van der Waals surface area contributed by atoms with Crippen molar-refractivity contribution in [3.63, 3.8) is 0 Å². The van der Waals surface area contributed by atoms with Gasteiger partial charge in [0, 0.05) is 36.6 Å². The van der Waals surface area contributed by atoms with Crippen molar-refractivity contribution in [2.45, 2.75) is 46.2 Å². The molecule has 1 N–H and O–H groups in total. The maximum absolute atomic E-state index is 3.68. The number of thiophene rings is 1. The molecule has 0 radical (unpaired) electrons.